The number of amides is 2. The Kier molecular flexibility index (Phi) is 6.24. The molecular weight excluding hydrogens is 324 g/mol. The van der Waals surface area contributed by atoms with Crippen LogP contribution in [0, 0.1) is 0 Å². The Morgan fingerprint density at radius 1 is 1.14 bits per heavy atom. The molecule has 0 saturated heterocycles. The summed E-state index contributed by atoms with van der Waals surface area (Å²) in [5.41, 5.74) is 0. The molecule has 1 aromatic carbocycles. The van der Waals surface area contributed by atoms with Crippen molar-refractivity contribution in [2.24, 2.45) is 0 Å². The van der Waals surface area contributed by atoms with E-state index in [-0.39, 0.29) is 18.4 Å². The molecule has 0 radical (unpaired) electrons. The summed E-state index contributed by atoms with van der Waals surface area (Å²) in [6.07, 6.45) is 0. The molecule has 7 heteroatoms. The molecule has 2 amide bonds. The van der Waals surface area contributed by atoms with Crippen LogP contribution in [0.1, 0.15) is 9.67 Å². The largest absolute Gasteiger partial charge is 0.492 e. The van der Waals surface area contributed by atoms with Crippen molar-refractivity contribution in [3.8, 4) is 5.75 Å². The standard InChI is InChI=1S/C15H15ClN2O3S/c16-11-3-5-12(6-4-11)21-8-7-17-14(19)10-18-15(20)13-2-1-9-22-13/h1-6,9H,7-8,10H2,(H,17,19)(H,18,20). The van der Waals surface area contributed by atoms with E-state index in [1.54, 1.807) is 36.4 Å². The summed E-state index contributed by atoms with van der Waals surface area (Å²) in [6.45, 7) is 0.639. The minimum absolute atomic E-state index is 0.0579. The lowest BCUT2D eigenvalue weighted by Gasteiger charge is -2.08. The maximum absolute atomic E-state index is 11.6. The lowest BCUT2D eigenvalue weighted by atomic mass is 10.3. The van der Waals surface area contributed by atoms with Crippen molar-refractivity contribution in [1.29, 1.82) is 0 Å². The molecule has 1 heterocycles. The van der Waals surface area contributed by atoms with Crippen LogP contribution in [0.15, 0.2) is 41.8 Å². The third-order valence-electron chi connectivity index (χ3n) is 2.66. The molecule has 0 aliphatic rings. The van der Waals surface area contributed by atoms with Crippen molar-refractivity contribution < 1.29 is 14.3 Å². The number of hydrogen-bond acceptors (Lipinski definition) is 4. The summed E-state index contributed by atoms with van der Waals surface area (Å²) < 4.78 is 5.44. The predicted molar refractivity (Wildman–Crippen MR) is 86.6 cm³/mol. The Balaban J connectivity index is 1.59. The second-order valence-corrected chi connectivity index (χ2v) is 5.70. The zero-order chi connectivity index (χ0) is 15.8. The molecule has 22 heavy (non-hydrogen) atoms. The van der Waals surface area contributed by atoms with Gasteiger partial charge < -0.3 is 15.4 Å². The van der Waals surface area contributed by atoms with Crippen molar-refractivity contribution in [1.82, 2.24) is 10.6 Å². The van der Waals surface area contributed by atoms with E-state index in [0.29, 0.717) is 28.8 Å². The van der Waals surface area contributed by atoms with Crippen molar-refractivity contribution in [3.63, 3.8) is 0 Å². The minimum atomic E-state index is -0.260. The number of carbonyl (C=O) groups excluding carboxylic acids is 2. The number of ether oxygens (including phenoxy) is 1. The summed E-state index contributed by atoms with van der Waals surface area (Å²) in [5, 5.41) is 7.67. The summed E-state index contributed by atoms with van der Waals surface area (Å²) in [5.74, 6) is 0.178. The molecule has 0 atom stereocenters. The van der Waals surface area contributed by atoms with E-state index in [1.165, 1.54) is 11.3 Å². The van der Waals surface area contributed by atoms with Gasteiger partial charge in [-0.15, -0.1) is 11.3 Å². The summed E-state index contributed by atoms with van der Waals surface area (Å²) in [6, 6.07) is 10.5. The van der Waals surface area contributed by atoms with Crippen LogP contribution in [0.25, 0.3) is 0 Å². The van der Waals surface area contributed by atoms with E-state index in [9.17, 15) is 9.59 Å². The highest BCUT2D eigenvalue weighted by molar-refractivity contribution is 7.12. The van der Waals surface area contributed by atoms with E-state index < -0.39 is 0 Å². The Morgan fingerprint density at radius 2 is 1.91 bits per heavy atom. The van der Waals surface area contributed by atoms with Crippen molar-refractivity contribution in [3.05, 3.63) is 51.7 Å². The Hall–Kier alpha value is -2.05. The first-order valence-corrected chi connectivity index (χ1v) is 7.87. The smallest absolute Gasteiger partial charge is 0.261 e. The number of nitrogens with one attached hydrogen (secondary N) is 2. The highest BCUT2D eigenvalue weighted by Crippen LogP contribution is 2.15. The maximum Gasteiger partial charge on any atom is 0.261 e. The summed E-state index contributed by atoms with van der Waals surface area (Å²) in [7, 11) is 0. The molecular formula is C15H15ClN2O3S. The number of hydrogen-bond donors (Lipinski definition) is 2. The van der Waals surface area contributed by atoms with Gasteiger partial charge in [0.2, 0.25) is 5.91 Å². The second kappa shape index (κ2) is 8.41. The minimum Gasteiger partial charge on any atom is -0.492 e. The third-order valence-corrected chi connectivity index (χ3v) is 3.78. The Bertz CT molecular complexity index is 614. The monoisotopic (exact) mass is 338 g/mol. The number of rotatable bonds is 7. The highest BCUT2D eigenvalue weighted by Gasteiger charge is 2.08. The molecule has 0 saturated carbocycles. The fourth-order valence-electron chi connectivity index (χ4n) is 1.61. The molecule has 2 aromatic rings. The van der Waals surface area contributed by atoms with Crippen LogP contribution >= 0.6 is 22.9 Å². The van der Waals surface area contributed by atoms with E-state index in [0.717, 1.165) is 0 Å². The quantitative estimate of drug-likeness (QED) is 0.761. The first-order valence-electron chi connectivity index (χ1n) is 6.62. The topological polar surface area (TPSA) is 67.4 Å². The van der Waals surface area contributed by atoms with E-state index in [4.69, 9.17) is 16.3 Å². The van der Waals surface area contributed by atoms with Gasteiger partial charge in [0.25, 0.3) is 5.91 Å². The zero-order valence-corrected chi connectivity index (χ0v) is 13.2. The van der Waals surface area contributed by atoms with Gasteiger partial charge in [-0.3, -0.25) is 9.59 Å². The molecule has 2 rings (SSSR count). The van der Waals surface area contributed by atoms with Gasteiger partial charge in [-0.05, 0) is 35.7 Å². The molecule has 116 valence electrons. The molecule has 0 fully saturated rings. The average molecular weight is 339 g/mol. The molecule has 0 spiro atoms. The van der Waals surface area contributed by atoms with Crippen LogP contribution in [-0.2, 0) is 4.79 Å². The molecule has 5 nitrogen and oxygen atoms in total. The van der Waals surface area contributed by atoms with Gasteiger partial charge >= 0.3 is 0 Å². The van der Waals surface area contributed by atoms with Crippen LogP contribution in [0.3, 0.4) is 0 Å². The van der Waals surface area contributed by atoms with Crippen molar-refractivity contribution >= 4 is 34.8 Å². The Labute approximate surface area is 137 Å². The third kappa shape index (κ3) is 5.38. The molecule has 2 N–H and O–H groups in total. The van der Waals surface area contributed by atoms with Gasteiger partial charge in [0.05, 0.1) is 18.0 Å². The van der Waals surface area contributed by atoms with Crippen LogP contribution in [0.2, 0.25) is 5.02 Å². The van der Waals surface area contributed by atoms with Gasteiger partial charge in [0.15, 0.2) is 0 Å². The van der Waals surface area contributed by atoms with Crippen LogP contribution in [-0.4, -0.2) is 31.5 Å². The fourth-order valence-corrected chi connectivity index (χ4v) is 2.37. The van der Waals surface area contributed by atoms with E-state index >= 15 is 0 Å². The molecule has 0 unspecified atom stereocenters. The SMILES string of the molecule is O=C(CNC(=O)c1cccs1)NCCOc1ccc(Cl)cc1. The zero-order valence-electron chi connectivity index (χ0n) is 11.7. The van der Waals surface area contributed by atoms with Gasteiger partial charge in [-0.2, -0.15) is 0 Å². The Morgan fingerprint density at radius 3 is 2.59 bits per heavy atom. The number of carbonyl (C=O) groups is 2. The van der Waals surface area contributed by atoms with Crippen LogP contribution in [0.4, 0.5) is 0 Å². The number of benzene rings is 1. The van der Waals surface area contributed by atoms with Crippen LogP contribution < -0.4 is 15.4 Å². The highest BCUT2D eigenvalue weighted by atomic mass is 35.5. The maximum atomic E-state index is 11.6. The molecule has 0 aliphatic carbocycles. The fraction of sp³-hybridized carbons (Fsp3) is 0.200. The first-order chi connectivity index (χ1) is 10.6. The van der Waals surface area contributed by atoms with E-state index in [2.05, 4.69) is 10.6 Å². The molecule has 0 aliphatic heterocycles. The lowest BCUT2D eigenvalue weighted by molar-refractivity contribution is -0.120. The van der Waals surface area contributed by atoms with Crippen molar-refractivity contribution in [2.45, 2.75) is 0 Å². The number of thiophene rings is 1. The predicted octanol–water partition coefficient (Wildman–Crippen LogP) is 2.33. The number of halogens is 1. The summed E-state index contributed by atoms with van der Waals surface area (Å²) in [4.78, 5) is 23.8. The van der Waals surface area contributed by atoms with Crippen molar-refractivity contribution in [2.75, 3.05) is 19.7 Å². The van der Waals surface area contributed by atoms with Crippen LogP contribution in [0.5, 0.6) is 5.75 Å². The molecule has 0 bridgehead atoms. The van der Waals surface area contributed by atoms with E-state index in [1.807, 2.05) is 5.38 Å². The average Bonchev–Trinajstić information content (AvgIpc) is 3.05. The summed E-state index contributed by atoms with van der Waals surface area (Å²) >= 11 is 7.10. The second-order valence-electron chi connectivity index (χ2n) is 4.31. The normalized spacial score (nSPS) is 10.0. The van der Waals surface area contributed by atoms with Gasteiger partial charge in [0.1, 0.15) is 12.4 Å². The van der Waals surface area contributed by atoms with Gasteiger partial charge in [0, 0.05) is 5.02 Å². The van der Waals surface area contributed by atoms with Gasteiger partial charge in [-0.25, -0.2) is 0 Å². The first kappa shape index (κ1) is 16.3. The molecule has 1 aromatic heterocycles. The lowest BCUT2D eigenvalue weighted by Crippen LogP contribution is -2.38. The van der Waals surface area contributed by atoms with Gasteiger partial charge in [-0.1, -0.05) is 17.7 Å².